The van der Waals surface area contributed by atoms with E-state index in [9.17, 15) is 13.2 Å². The van der Waals surface area contributed by atoms with Gasteiger partial charge in [-0.2, -0.15) is 0 Å². The molecule has 4 rings (SSSR count). The number of thiazole rings is 1. The molecule has 3 aromatic rings. The number of anilines is 2. The molecule has 0 radical (unpaired) electrons. The summed E-state index contributed by atoms with van der Waals surface area (Å²) < 4.78 is 32.9. The first-order chi connectivity index (χ1) is 18.6. The molecule has 39 heavy (non-hydrogen) atoms. The number of nitrogens with zero attached hydrogens (tertiary/aromatic N) is 4. The Hall–Kier alpha value is -2.96. The van der Waals surface area contributed by atoms with Gasteiger partial charge in [-0.1, -0.05) is 44.5 Å². The van der Waals surface area contributed by atoms with E-state index in [1.54, 1.807) is 42.3 Å². The molecule has 1 saturated heterocycles. The van der Waals surface area contributed by atoms with Gasteiger partial charge < -0.3 is 15.4 Å². The molecule has 13 heteroatoms. The highest BCUT2D eigenvalue weighted by Gasteiger charge is 2.29. The van der Waals surface area contributed by atoms with Crippen LogP contribution in [-0.2, 0) is 14.8 Å². The minimum absolute atomic E-state index is 0.0103. The molecular formula is C26H33ClN6O4S2. The molecule has 1 aliphatic rings. The van der Waals surface area contributed by atoms with E-state index in [1.807, 2.05) is 13.8 Å². The highest BCUT2D eigenvalue weighted by Crippen LogP contribution is 2.44. The van der Waals surface area contributed by atoms with E-state index in [0.717, 1.165) is 22.7 Å². The first-order valence-corrected chi connectivity index (χ1v) is 15.7. The number of likely N-dealkylation sites (tertiary alicyclic amines) is 1. The standard InChI is InChI=1S/C26H33ClN6O4S2/c1-4-14-39(35,36)32-19-7-5-6-18(21(19)27)22-23(20-8-11-29-25(28)30-20)38-24(31-22)17-9-12-33(13-10-17)26(34)37-15-16(2)3/h5-8,11,16-17,32H,4,9-10,12-15H2,1-3H3,(H2,28,29,30). The lowest BCUT2D eigenvalue weighted by atomic mass is 9.98. The Labute approximate surface area is 238 Å². The Balaban J connectivity index is 1.66. The first-order valence-electron chi connectivity index (χ1n) is 12.9. The van der Waals surface area contributed by atoms with Crippen LogP contribution in [0.2, 0.25) is 5.02 Å². The minimum atomic E-state index is -3.54. The van der Waals surface area contributed by atoms with Gasteiger partial charge in [-0.05, 0) is 37.3 Å². The number of piperidine rings is 1. The number of ether oxygens (including phenoxy) is 1. The third kappa shape index (κ3) is 7.17. The zero-order valence-corrected chi connectivity index (χ0v) is 24.6. The number of rotatable bonds is 9. The van der Waals surface area contributed by atoms with Gasteiger partial charge in [0.05, 0.1) is 44.3 Å². The Morgan fingerprint density at radius 1 is 1.26 bits per heavy atom. The molecule has 1 aromatic carbocycles. The smallest absolute Gasteiger partial charge is 0.409 e. The minimum Gasteiger partial charge on any atom is -0.449 e. The molecule has 0 saturated carbocycles. The predicted octanol–water partition coefficient (Wildman–Crippen LogP) is 5.63. The van der Waals surface area contributed by atoms with E-state index in [2.05, 4.69) is 14.7 Å². The quantitative estimate of drug-likeness (QED) is 0.326. The van der Waals surface area contributed by atoms with Crippen LogP contribution in [0.5, 0.6) is 0 Å². The molecule has 2 aromatic heterocycles. The predicted molar refractivity (Wildman–Crippen MR) is 155 cm³/mol. The molecule has 1 amide bonds. The van der Waals surface area contributed by atoms with Gasteiger partial charge in [0, 0.05) is 30.8 Å². The molecule has 3 N–H and O–H groups in total. The maximum atomic E-state index is 12.4. The van der Waals surface area contributed by atoms with Gasteiger partial charge in [0.2, 0.25) is 16.0 Å². The second kappa shape index (κ2) is 12.5. The zero-order valence-electron chi connectivity index (χ0n) is 22.2. The van der Waals surface area contributed by atoms with Crippen LogP contribution in [-0.4, -0.2) is 59.8 Å². The van der Waals surface area contributed by atoms with Crippen molar-refractivity contribution in [2.75, 3.05) is 35.9 Å². The Bertz CT molecular complexity index is 1420. The number of nitrogens with two attached hydrogens (primary N) is 1. The summed E-state index contributed by atoms with van der Waals surface area (Å²) in [6, 6.07) is 6.93. The Kier molecular flexibility index (Phi) is 9.29. The van der Waals surface area contributed by atoms with Crippen LogP contribution in [0.3, 0.4) is 0 Å². The second-order valence-corrected chi connectivity index (χ2v) is 13.1. The summed E-state index contributed by atoms with van der Waals surface area (Å²) in [6.07, 6.45) is 3.25. The van der Waals surface area contributed by atoms with Crippen LogP contribution in [0.15, 0.2) is 30.5 Å². The fraction of sp³-hybridized carbons (Fsp3) is 0.462. The van der Waals surface area contributed by atoms with Crippen LogP contribution in [0, 0.1) is 5.92 Å². The number of hydrogen-bond donors (Lipinski definition) is 2. The van der Waals surface area contributed by atoms with Gasteiger partial charge in [0.25, 0.3) is 0 Å². The number of carbonyl (C=O) groups is 1. The van der Waals surface area contributed by atoms with Crippen LogP contribution in [0.1, 0.15) is 51.0 Å². The van der Waals surface area contributed by atoms with Crippen LogP contribution >= 0.6 is 22.9 Å². The van der Waals surface area contributed by atoms with Crippen molar-refractivity contribution < 1.29 is 17.9 Å². The van der Waals surface area contributed by atoms with Crippen molar-refractivity contribution in [3.05, 3.63) is 40.5 Å². The molecule has 3 heterocycles. The largest absolute Gasteiger partial charge is 0.449 e. The second-order valence-electron chi connectivity index (χ2n) is 9.85. The van der Waals surface area contributed by atoms with Crippen molar-refractivity contribution in [1.29, 1.82) is 0 Å². The lowest BCUT2D eigenvalue weighted by molar-refractivity contribution is 0.0834. The topological polar surface area (TPSA) is 140 Å². The van der Waals surface area contributed by atoms with Crippen molar-refractivity contribution in [1.82, 2.24) is 19.9 Å². The van der Waals surface area contributed by atoms with Gasteiger partial charge in [0.15, 0.2) is 0 Å². The number of hydrogen-bond acceptors (Lipinski definition) is 9. The van der Waals surface area contributed by atoms with Gasteiger partial charge in [-0.15, -0.1) is 11.3 Å². The first kappa shape index (κ1) is 29.0. The number of carbonyl (C=O) groups excluding carboxylic acids is 1. The van der Waals surface area contributed by atoms with E-state index < -0.39 is 10.0 Å². The molecule has 0 unspecified atom stereocenters. The summed E-state index contributed by atoms with van der Waals surface area (Å²) in [4.78, 5) is 28.3. The van der Waals surface area contributed by atoms with Crippen molar-refractivity contribution in [2.24, 2.45) is 5.92 Å². The monoisotopic (exact) mass is 592 g/mol. The third-order valence-corrected chi connectivity index (χ3v) is 9.31. The maximum absolute atomic E-state index is 12.4. The van der Waals surface area contributed by atoms with Crippen LogP contribution < -0.4 is 10.5 Å². The lowest BCUT2D eigenvalue weighted by Crippen LogP contribution is -2.38. The van der Waals surface area contributed by atoms with Crippen molar-refractivity contribution in [3.63, 3.8) is 0 Å². The van der Waals surface area contributed by atoms with Gasteiger partial charge in [-0.3, -0.25) is 4.72 Å². The molecule has 1 fully saturated rings. The Morgan fingerprint density at radius 3 is 2.67 bits per heavy atom. The van der Waals surface area contributed by atoms with Crippen LogP contribution in [0.25, 0.3) is 21.8 Å². The SMILES string of the molecule is CCCS(=O)(=O)Nc1cccc(-c2nc(C3CCN(C(=O)OCC(C)C)CC3)sc2-c2ccnc(N)n2)c1Cl. The molecule has 0 atom stereocenters. The van der Waals surface area contributed by atoms with E-state index >= 15 is 0 Å². The number of benzene rings is 1. The number of nitrogen functional groups attached to an aromatic ring is 1. The summed E-state index contributed by atoms with van der Waals surface area (Å²) in [5.41, 5.74) is 7.95. The van der Waals surface area contributed by atoms with Gasteiger partial charge >= 0.3 is 6.09 Å². The van der Waals surface area contributed by atoms with E-state index in [4.69, 9.17) is 27.1 Å². The fourth-order valence-corrected chi connectivity index (χ4v) is 6.97. The zero-order chi connectivity index (χ0) is 28.2. The third-order valence-electron chi connectivity index (χ3n) is 6.19. The summed E-state index contributed by atoms with van der Waals surface area (Å²) >= 11 is 8.26. The van der Waals surface area contributed by atoms with Crippen molar-refractivity contribution >= 4 is 50.7 Å². The summed E-state index contributed by atoms with van der Waals surface area (Å²) in [6.45, 7) is 7.35. The fourth-order valence-electron chi connectivity index (χ4n) is 4.29. The normalized spacial score (nSPS) is 14.5. The summed E-state index contributed by atoms with van der Waals surface area (Å²) in [7, 11) is -3.54. The van der Waals surface area contributed by atoms with E-state index in [-0.39, 0.29) is 34.7 Å². The van der Waals surface area contributed by atoms with Crippen molar-refractivity contribution in [2.45, 2.75) is 46.0 Å². The average molecular weight is 593 g/mol. The molecule has 10 nitrogen and oxygen atoms in total. The highest BCUT2D eigenvalue weighted by molar-refractivity contribution is 7.92. The highest BCUT2D eigenvalue weighted by atomic mass is 35.5. The molecule has 1 aliphatic heterocycles. The van der Waals surface area contributed by atoms with Crippen molar-refractivity contribution in [3.8, 4) is 21.8 Å². The molecule has 0 spiro atoms. The number of halogens is 1. The van der Waals surface area contributed by atoms with Gasteiger partial charge in [-0.25, -0.2) is 28.2 Å². The average Bonchev–Trinajstić information content (AvgIpc) is 3.34. The number of nitrogens with one attached hydrogen (secondary N) is 1. The summed E-state index contributed by atoms with van der Waals surface area (Å²) in [5, 5.41) is 1.14. The molecule has 210 valence electrons. The number of amides is 1. The molecule has 0 aliphatic carbocycles. The van der Waals surface area contributed by atoms with E-state index in [1.165, 1.54) is 11.3 Å². The molecule has 0 bridgehead atoms. The lowest BCUT2D eigenvalue weighted by Gasteiger charge is -2.30. The van der Waals surface area contributed by atoms with Crippen LogP contribution in [0.4, 0.5) is 16.4 Å². The number of sulfonamides is 1. The molecular weight excluding hydrogens is 560 g/mol. The van der Waals surface area contributed by atoms with Gasteiger partial charge in [0.1, 0.15) is 0 Å². The number of aromatic nitrogens is 3. The Morgan fingerprint density at radius 2 is 2.00 bits per heavy atom. The summed E-state index contributed by atoms with van der Waals surface area (Å²) in [5.74, 6) is 0.528. The van der Waals surface area contributed by atoms with E-state index in [0.29, 0.717) is 48.8 Å². The maximum Gasteiger partial charge on any atom is 0.409 e.